The van der Waals surface area contributed by atoms with Gasteiger partial charge in [0.05, 0.1) is 11.3 Å². The van der Waals surface area contributed by atoms with E-state index in [1.54, 1.807) is 12.3 Å². The standard InChI is InChI=1S/C25H26N6O/c26-21-6-12-29-23(15-17-7-13-31(14-8-17)20-4-9-27-10-5-20)24(21)25(32)30-19-2-1-18-3-11-28-22(18)16-19/h1-6,9-12,16-17,28H,7-8,13-15H2,(H2,26,29)(H,30,32). The van der Waals surface area contributed by atoms with E-state index in [0.717, 1.165) is 54.6 Å². The normalized spacial score (nSPS) is 14.6. The molecule has 3 aromatic heterocycles. The van der Waals surface area contributed by atoms with Crippen LogP contribution in [0.1, 0.15) is 28.9 Å². The summed E-state index contributed by atoms with van der Waals surface area (Å²) in [6, 6.07) is 13.6. The number of carbonyl (C=O) groups is 1. The smallest absolute Gasteiger partial charge is 0.259 e. The second-order valence-electron chi connectivity index (χ2n) is 8.30. The zero-order valence-electron chi connectivity index (χ0n) is 17.8. The van der Waals surface area contributed by atoms with Crippen molar-refractivity contribution in [3.63, 3.8) is 0 Å². The largest absolute Gasteiger partial charge is 0.398 e. The number of rotatable bonds is 5. The Hall–Kier alpha value is -3.87. The molecule has 1 fully saturated rings. The molecular weight excluding hydrogens is 400 g/mol. The lowest BCUT2D eigenvalue weighted by atomic mass is 9.90. The first-order valence-electron chi connectivity index (χ1n) is 10.9. The van der Waals surface area contributed by atoms with Crippen molar-refractivity contribution < 1.29 is 4.79 Å². The van der Waals surface area contributed by atoms with Crippen molar-refractivity contribution in [3.05, 3.63) is 78.5 Å². The minimum Gasteiger partial charge on any atom is -0.398 e. The van der Waals surface area contributed by atoms with Crippen LogP contribution in [0, 0.1) is 5.92 Å². The molecule has 1 amide bonds. The molecule has 0 radical (unpaired) electrons. The van der Waals surface area contributed by atoms with E-state index in [1.165, 1.54) is 5.69 Å². The Morgan fingerprint density at radius 3 is 2.72 bits per heavy atom. The summed E-state index contributed by atoms with van der Waals surface area (Å²) in [6.45, 7) is 1.96. The lowest BCUT2D eigenvalue weighted by Crippen LogP contribution is -2.34. The fourth-order valence-corrected chi connectivity index (χ4v) is 4.48. The predicted octanol–water partition coefficient (Wildman–Crippen LogP) is 4.25. The number of benzene rings is 1. The average Bonchev–Trinajstić information content (AvgIpc) is 3.28. The van der Waals surface area contributed by atoms with Crippen LogP contribution < -0.4 is 16.0 Å². The minimum atomic E-state index is -0.217. The number of aromatic nitrogens is 3. The molecule has 0 atom stereocenters. The first-order chi connectivity index (χ1) is 15.7. The fraction of sp³-hybridized carbons (Fsp3) is 0.240. The summed E-state index contributed by atoms with van der Waals surface area (Å²) < 4.78 is 0. The van der Waals surface area contributed by atoms with Crippen LogP contribution in [0.25, 0.3) is 10.9 Å². The molecule has 0 aliphatic carbocycles. The van der Waals surface area contributed by atoms with Crippen LogP contribution in [0.3, 0.4) is 0 Å². The summed E-state index contributed by atoms with van der Waals surface area (Å²) >= 11 is 0. The van der Waals surface area contributed by atoms with Gasteiger partial charge >= 0.3 is 0 Å². The Labute approximate surface area is 186 Å². The van der Waals surface area contributed by atoms with Gasteiger partial charge in [0.15, 0.2) is 0 Å². The van der Waals surface area contributed by atoms with Crippen molar-refractivity contribution in [2.75, 3.05) is 29.0 Å². The van der Waals surface area contributed by atoms with E-state index in [-0.39, 0.29) is 5.91 Å². The van der Waals surface area contributed by atoms with Crippen molar-refractivity contribution in [3.8, 4) is 0 Å². The van der Waals surface area contributed by atoms with Gasteiger partial charge in [-0.05, 0) is 67.0 Å². The molecule has 1 aromatic carbocycles. The van der Waals surface area contributed by atoms with Crippen molar-refractivity contribution in [2.24, 2.45) is 5.92 Å². The number of fused-ring (bicyclic) bond motifs is 1. The van der Waals surface area contributed by atoms with Crippen LogP contribution in [0.2, 0.25) is 0 Å². The second kappa shape index (κ2) is 8.70. The van der Waals surface area contributed by atoms with Crippen LogP contribution in [0.4, 0.5) is 17.1 Å². The fourth-order valence-electron chi connectivity index (χ4n) is 4.48. The number of nitrogens with two attached hydrogens (primary N) is 1. The first-order valence-corrected chi connectivity index (χ1v) is 10.9. The number of nitrogens with zero attached hydrogens (tertiary/aromatic N) is 3. The number of amides is 1. The molecule has 0 spiro atoms. The third-order valence-corrected chi connectivity index (χ3v) is 6.23. The van der Waals surface area contributed by atoms with E-state index < -0.39 is 0 Å². The molecule has 7 nitrogen and oxygen atoms in total. The third-order valence-electron chi connectivity index (χ3n) is 6.23. The topological polar surface area (TPSA) is 99.9 Å². The lowest BCUT2D eigenvalue weighted by molar-refractivity contribution is 0.102. The maximum absolute atomic E-state index is 13.2. The van der Waals surface area contributed by atoms with E-state index in [2.05, 4.69) is 25.2 Å². The second-order valence-corrected chi connectivity index (χ2v) is 8.30. The van der Waals surface area contributed by atoms with Gasteiger partial charge in [0.2, 0.25) is 0 Å². The molecule has 1 saturated heterocycles. The van der Waals surface area contributed by atoms with Gasteiger partial charge in [-0.3, -0.25) is 14.8 Å². The molecule has 32 heavy (non-hydrogen) atoms. The highest BCUT2D eigenvalue weighted by Gasteiger charge is 2.24. The summed E-state index contributed by atoms with van der Waals surface area (Å²) in [4.78, 5) is 27.4. The summed E-state index contributed by atoms with van der Waals surface area (Å²) in [5, 5.41) is 4.09. The Bertz CT molecular complexity index is 1230. The quantitative estimate of drug-likeness (QED) is 0.443. The molecule has 162 valence electrons. The molecule has 0 saturated carbocycles. The van der Waals surface area contributed by atoms with Crippen LogP contribution >= 0.6 is 0 Å². The van der Waals surface area contributed by atoms with E-state index in [9.17, 15) is 4.79 Å². The third kappa shape index (κ3) is 4.14. The number of hydrogen-bond donors (Lipinski definition) is 3. The van der Waals surface area contributed by atoms with Crippen LogP contribution in [0.5, 0.6) is 0 Å². The van der Waals surface area contributed by atoms with Crippen LogP contribution in [-0.4, -0.2) is 33.9 Å². The Balaban J connectivity index is 1.29. The van der Waals surface area contributed by atoms with Crippen molar-refractivity contribution in [1.29, 1.82) is 0 Å². The number of anilines is 3. The average molecular weight is 427 g/mol. The molecule has 0 unspecified atom stereocenters. The molecule has 0 bridgehead atoms. The molecule has 4 N–H and O–H groups in total. The molecular formula is C25H26N6O. The summed E-state index contributed by atoms with van der Waals surface area (Å²) in [5.74, 6) is 0.245. The lowest BCUT2D eigenvalue weighted by Gasteiger charge is -2.33. The highest BCUT2D eigenvalue weighted by molar-refractivity contribution is 6.09. The Morgan fingerprint density at radius 2 is 1.91 bits per heavy atom. The number of H-pyrrole nitrogens is 1. The van der Waals surface area contributed by atoms with Gasteiger partial charge < -0.3 is 20.9 Å². The molecule has 1 aliphatic rings. The van der Waals surface area contributed by atoms with Crippen molar-refractivity contribution >= 4 is 33.9 Å². The zero-order valence-corrected chi connectivity index (χ0v) is 17.8. The van der Waals surface area contributed by atoms with E-state index in [0.29, 0.717) is 17.2 Å². The first kappa shape index (κ1) is 20.1. The van der Waals surface area contributed by atoms with E-state index in [1.807, 2.05) is 55.0 Å². The van der Waals surface area contributed by atoms with Gasteiger partial charge in [0.25, 0.3) is 5.91 Å². The number of nitrogens with one attached hydrogen (secondary N) is 2. The Kier molecular flexibility index (Phi) is 5.46. The van der Waals surface area contributed by atoms with Crippen molar-refractivity contribution in [2.45, 2.75) is 19.3 Å². The molecule has 4 aromatic rings. The van der Waals surface area contributed by atoms with Gasteiger partial charge in [-0.1, -0.05) is 6.07 Å². The highest BCUT2D eigenvalue weighted by atomic mass is 16.1. The van der Waals surface area contributed by atoms with Gasteiger partial charge in [0.1, 0.15) is 0 Å². The highest BCUT2D eigenvalue weighted by Crippen LogP contribution is 2.28. The van der Waals surface area contributed by atoms with Crippen LogP contribution in [-0.2, 0) is 6.42 Å². The number of hydrogen-bond acceptors (Lipinski definition) is 5. The van der Waals surface area contributed by atoms with Crippen molar-refractivity contribution in [1.82, 2.24) is 15.0 Å². The number of piperidine rings is 1. The predicted molar refractivity (Wildman–Crippen MR) is 128 cm³/mol. The SMILES string of the molecule is Nc1ccnc(CC2CCN(c3ccncc3)CC2)c1C(=O)Nc1ccc2cc[nH]c2c1. The monoisotopic (exact) mass is 426 g/mol. The maximum atomic E-state index is 13.2. The molecule has 7 heteroatoms. The van der Waals surface area contributed by atoms with Gasteiger partial charge in [-0.25, -0.2) is 0 Å². The number of aromatic amines is 1. The minimum absolute atomic E-state index is 0.217. The van der Waals surface area contributed by atoms with Gasteiger partial charge in [-0.2, -0.15) is 0 Å². The van der Waals surface area contributed by atoms with E-state index >= 15 is 0 Å². The Morgan fingerprint density at radius 1 is 1.09 bits per heavy atom. The molecule has 1 aliphatic heterocycles. The van der Waals surface area contributed by atoms with E-state index in [4.69, 9.17) is 5.73 Å². The summed E-state index contributed by atoms with van der Waals surface area (Å²) in [6.07, 6.45) is 10.1. The van der Waals surface area contributed by atoms with Gasteiger partial charge in [-0.15, -0.1) is 0 Å². The number of nitrogen functional groups attached to an aromatic ring is 1. The zero-order chi connectivity index (χ0) is 21.9. The van der Waals surface area contributed by atoms with Crippen LogP contribution in [0.15, 0.2) is 67.3 Å². The van der Waals surface area contributed by atoms with Gasteiger partial charge in [0, 0.05) is 60.5 Å². The molecule has 4 heterocycles. The maximum Gasteiger partial charge on any atom is 0.259 e. The number of pyridine rings is 2. The molecule has 5 rings (SSSR count). The summed E-state index contributed by atoms with van der Waals surface area (Å²) in [7, 11) is 0. The summed E-state index contributed by atoms with van der Waals surface area (Å²) in [5.41, 5.74) is 10.9. The number of carbonyl (C=O) groups excluding carboxylic acids is 1.